The summed E-state index contributed by atoms with van der Waals surface area (Å²) in [5.74, 6) is 0.829. The number of nitrogens with zero attached hydrogens (tertiary/aromatic N) is 5. The van der Waals surface area contributed by atoms with Crippen LogP contribution in [-0.2, 0) is 4.79 Å². The van der Waals surface area contributed by atoms with Gasteiger partial charge >= 0.3 is 0 Å². The minimum atomic E-state index is -0.164. The molecule has 2 aliphatic rings. The predicted octanol–water partition coefficient (Wildman–Crippen LogP) is 3.41. The number of aromatic nitrogens is 4. The van der Waals surface area contributed by atoms with E-state index in [9.17, 15) is 9.59 Å². The molecule has 0 bridgehead atoms. The third kappa shape index (κ3) is 3.14. The van der Waals surface area contributed by atoms with Gasteiger partial charge in [0.05, 0.1) is 17.9 Å². The third-order valence-electron chi connectivity index (χ3n) is 6.26. The number of para-hydroxylation sites is 1. The van der Waals surface area contributed by atoms with Crippen LogP contribution in [0.2, 0.25) is 0 Å². The van der Waals surface area contributed by atoms with Crippen molar-refractivity contribution in [2.24, 2.45) is 0 Å². The molecule has 0 saturated carbocycles. The zero-order valence-electron chi connectivity index (χ0n) is 17.2. The molecule has 3 atom stereocenters. The van der Waals surface area contributed by atoms with Crippen molar-refractivity contribution in [2.75, 3.05) is 5.75 Å². The molecule has 30 heavy (non-hydrogen) atoms. The molecule has 8 heteroatoms. The number of carbonyl (C=O) groups is 1. The minimum Gasteiger partial charge on any atom is -0.337 e. The van der Waals surface area contributed by atoms with Crippen LogP contribution >= 0.6 is 11.8 Å². The van der Waals surface area contributed by atoms with E-state index in [4.69, 9.17) is 4.98 Å². The first-order valence-electron chi connectivity index (χ1n) is 10.5. The predicted molar refractivity (Wildman–Crippen MR) is 117 cm³/mol. The molecule has 1 saturated heterocycles. The summed E-state index contributed by atoms with van der Waals surface area (Å²) in [6.07, 6.45) is 5.19. The van der Waals surface area contributed by atoms with Crippen molar-refractivity contribution in [1.82, 2.24) is 24.2 Å². The largest absolute Gasteiger partial charge is 0.337 e. The van der Waals surface area contributed by atoms with Crippen LogP contribution < -0.4 is 5.56 Å². The Labute approximate surface area is 179 Å². The van der Waals surface area contributed by atoms with E-state index in [1.165, 1.54) is 6.42 Å². The number of amides is 1. The van der Waals surface area contributed by atoms with Crippen molar-refractivity contribution in [3.8, 4) is 5.69 Å². The Morgan fingerprint density at radius 1 is 1.17 bits per heavy atom. The van der Waals surface area contributed by atoms with Crippen LogP contribution in [0.15, 0.2) is 46.5 Å². The number of carbonyl (C=O) groups excluding carboxylic acids is 1. The van der Waals surface area contributed by atoms with Gasteiger partial charge in [0, 0.05) is 24.3 Å². The Bertz CT molecular complexity index is 1150. The first kappa shape index (κ1) is 19.4. The second kappa shape index (κ2) is 7.58. The van der Waals surface area contributed by atoms with Crippen molar-refractivity contribution < 1.29 is 4.79 Å². The van der Waals surface area contributed by atoms with Crippen molar-refractivity contribution >= 4 is 28.7 Å². The van der Waals surface area contributed by atoms with E-state index in [-0.39, 0.29) is 29.6 Å². The molecule has 2 aromatic heterocycles. The topological polar surface area (TPSA) is 73.0 Å². The van der Waals surface area contributed by atoms with E-state index in [1.54, 1.807) is 27.2 Å². The molecular formula is C22H25N5O2S. The second-order valence-corrected chi connectivity index (χ2v) is 9.28. The van der Waals surface area contributed by atoms with Gasteiger partial charge in [-0.2, -0.15) is 5.10 Å². The highest BCUT2D eigenvalue weighted by Crippen LogP contribution is 2.35. The molecule has 4 heterocycles. The summed E-state index contributed by atoms with van der Waals surface area (Å²) >= 11 is 1.54. The Kier molecular flexibility index (Phi) is 4.89. The summed E-state index contributed by atoms with van der Waals surface area (Å²) in [4.78, 5) is 33.2. The van der Waals surface area contributed by atoms with Gasteiger partial charge in [-0.15, -0.1) is 0 Å². The monoisotopic (exact) mass is 423 g/mol. The Morgan fingerprint density at radius 3 is 2.63 bits per heavy atom. The third-order valence-corrected chi connectivity index (χ3v) is 7.36. The molecule has 0 N–H and O–H groups in total. The summed E-state index contributed by atoms with van der Waals surface area (Å²) in [5.41, 5.74) is 1.32. The molecule has 156 valence electrons. The van der Waals surface area contributed by atoms with Gasteiger partial charge in [0.15, 0.2) is 10.8 Å². The summed E-state index contributed by atoms with van der Waals surface area (Å²) in [6.45, 7) is 4.25. The van der Waals surface area contributed by atoms with Crippen LogP contribution in [-0.4, -0.2) is 48.0 Å². The van der Waals surface area contributed by atoms with Crippen molar-refractivity contribution in [2.45, 2.75) is 62.8 Å². The normalized spacial score (nSPS) is 23.7. The van der Waals surface area contributed by atoms with Gasteiger partial charge in [0.1, 0.15) is 5.39 Å². The quantitative estimate of drug-likeness (QED) is 0.604. The zero-order chi connectivity index (χ0) is 20.8. The second-order valence-electron chi connectivity index (χ2n) is 8.30. The highest BCUT2D eigenvalue weighted by molar-refractivity contribution is 7.99. The van der Waals surface area contributed by atoms with E-state index >= 15 is 0 Å². The van der Waals surface area contributed by atoms with E-state index in [0.29, 0.717) is 28.4 Å². The number of hydrogen-bond acceptors (Lipinski definition) is 5. The molecule has 0 aliphatic carbocycles. The Balaban J connectivity index is 1.48. The minimum absolute atomic E-state index is 0.111. The van der Waals surface area contributed by atoms with Gasteiger partial charge < -0.3 is 4.90 Å². The molecular weight excluding hydrogens is 398 g/mol. The number of benzene rings is 1. The average Bonchev–Trinajstić information content (AvgIpc) is 3.33. The van der Waals surface area contributed by atoms with Gasteiger partial charge in [-0.25, -0.2) is 9.67 Å². The van der Waals surface area contributed by atoms with E-state index in [0.717, 1.165) is 18.5 Å². The zero-order valence-corrected chi connectivity index (χ0v) is 18.0. The fraction of sp³-hybridized carbons (Fsp3) is 0.455. The summed E-state index contributed by atoms with van der Waals surface area (Å²) in [5, 5.41) is 5.56. The maximum absolute atomic E-state index is 13.3. The van der Waals surface area contributed by atoms with Gasteiger partial charge in [0.25, 0.3) is 5.56 Å². The molecule has 2 aliphatic heterocycles. The Morgan fingerprint density at radius 2 is 1.90 bits per heavy atom. The number of rotatable bonds is 3. The fourth-order valence-corrected chi connectivity index (χ4v) is 5.89. The molecule has 1 aromatic carbocycles. The number of thioether (sulfide) groups is 1. The van der Waals surface area contributed by atoms with Gasteiger partial charge in [-0.3, -0.25) is 14.2 Å². The first-order valence-corrected chi connectivity index (χ1v) is 11.5. The SMILES string of the molecule is CC1CCCC(C)N1C(=O)CC1CSc2nc3c(cnn3-c3ccccc3)c(=O)n21. The maximum Gasteiger partial charge on any atom is 0.265 e. The van der Waals surface area contributed by atoms with E-state index in [2.05, 4.69) is 18.9 Å². The van der Waals surface area contributed by atoms with Crippen LogP contribution in [0.4, 0.5) is 0 Å². The Hall–Kier alpha value is -2.61. The van der Waals surface area contributed by atoms with E-state index in [1.807, 2.05) is 35.2 Å². The van der Waals surface area contributed by atoms with Crippen molar-refractivity contribution in [3.63, 3.8) is 0 Å². The van der Waals surface area contributed by atoms with Crippen LogP contribution in [0.5, 0.6) is 0 Å². The lowest BCUT2D eigenvalue weighted by molar-refractivity contribution is -0.138. The molecule has 3 aromatic rings. The maximum atomic E-state index is 13.3. The highest BCUT2D eigenvalue weighted by Gasteiger charge is 2.34. The van der Waals surface area contributed by atoms with Crippen LogP contribution in [0, 0.1) is 0 Å². The molecule has 0 spiro atoms. The number of likely N-dealkylation sites (tertiary alicyclic amines) is 1. The molecule has 5 rings (SSSR count). The molecule has 7 nitrogen and oxygen atoms in total. The van der Waals surface area contributed by atoms with Crippen LogP contribution in [0.3, 0.4) is 0 Å². The lowest BCUT2D eigenvalue weighted by Gasteiger charge is -2.39. The van der Waals surface area contributed by atoms with Gasteiger partial charge in [0.2, 0.25) is 5.91 Å². The van der Waals surface area contributed by atoms with Crippen LogP contribution in [0.1, 0.15) is 45.6 Å². The average molecular weight is 424 g/mol. The number of piperidine rings is 1. The van der Waals surface area contributed by atoms with Crippen molar-refractivity contribution in [3.05, 3.63) is 46.9 Å². The lowest BCUT2D eigenvalue weighted by Crippen LogP contribution is -2.48. The smallest absolute Gasteiger partial charge is 0.265 e. The van der Waals surface area contributed by atoms with Crippen LogP contribution in [0.25, 0.3) is 16.7 Å². The first-order chi connectivity index (χ1) is 14.5. The van der Waals surface area contributed by atoms with Crippen molar-refractivity contribution in [1.29, 1.82) is 0 Å². The fourth-order valence-electron chi connectivity index (χ4n) is 4.76. The summed E-state index contributed by atoms with van der Waals surface area (Å²) in [7, 11) is 0. The lowest BCUT2D eigenvalue weighted by atomic mass is 9.96. The van der Waals surface area contributed by atoms with Gasteiger partial charge in [-0.05, 0) is 45.2 Å². The van der Waals surface area contributed by atoms with Gasteiger partial charge in [-0.1, -0.05) is 30.0 Å². The number of fused-ring (bicyclic) bond motifs is 2. The van der Waals surface area contributed by atoms with E-state index < -0.39 is 0 Å². The summed E-state index contributed by atoms with van der Waals surface area (Å²) in [6, 6.07) is 10.0. The number of hydrogen-bond donors (Lipinski definition) is 0. The molecule has 1 fully saturated rings. The molecule has 0 radical (unpaired) electrons. The highest BCUT2D eigenvalue weighted by atomic mass is 32.2. The molecule has 1 amide bonds. The summed E-state index contributed by atoms with van der Waals surface area (Å²) < 4.78 is 3.41. The molecule has 3 unspecified atom stereocenters. The standard InChI is InChI=1S/C22H25N5O2S/c1-14-7-6-8-15(2)25(14)19(28)11-17-13-30-22-24-20-18(21(29)26(17)22)12-23-27(20)16-9-4-3-5-10-16/h3-5,9-10,12,14-15,17H,6-8,11,13H2,1-2H3.